The second kappa shape index (κ2) is 12.9. The number of benzene rings is 1. The molecule has 5 rings (SSSR count). The van der Waals surface area contributed by atoms with E-state index < -0.39 is 0 Å². The topological polar surface area (TPSA) is 135 Å². The lowest BCUT2D eigenvalue weighted by molar-refractivity contribution is -0.127. The molecule has 218 valence electrons. The molecule has 1 aliphatic rings. The molecule has 0 unspecified atom stereocenters. The van der Waals surface area contributed by atoms with Crippen LogP contribution in [0.3, 0.4) is 0 Å². The monoisotopic (exact) mass is 567 g/mol. The van der Waals surface area contributed by atoms with Crippen molar-refractivity contribution in [1.29, 1.82) is 0 Å². The van der Waals surface area contributed by atoms with Gasteiger partial charge >= 0.3 is 0 Å². The maximum absolute atomic E-state index is 12.9. The molecule has 0 saturated carbocycles. The molecule has 42 heavy (non-hydrogen) atoms. The quantitative estimate of drug-likeness (QED) is 0.290. The zero-order valence-corrected chi connectivity index (χ0v) is 24.3. The lowest BCUT2D eigenvalue weighted by atomic mass is 10.1. The van der Waals surface area contributed by atoms with E-state index >= 15 is 0 Å². The highest BCUT2D eigenvalue weighted by atomic mass is 16.2. The number of likely N-dealkylation sites (tertiary alicyclic amines) is 1. The van der Waals surface area contributed by atoms with Gasteiger partial charge in [-0.25, -0.2) is 19.6 Å². The number of hydrogen-bond donors (Lipinski definition) is 2. The fourth-order valence-corrected chi connectivity index (χ4v) is 5.23. The zero-order valence-electron chi connectivity index (χ0n) is 24.3. The van der Waals surface area contributed by atoms with E-state index in [2.05, 4.69) is 27.2 Å². The number of pyridine rings is 1. The third-order valence-corrected chi connectivity index (χ3v) is 7.33. The molecule has 4 heterocycles. The highest BCUT2D eigenvalue weighted by Gasteiger charge is 2.28. The first-order valence-corrected chi connectivity index (χ1v) is 14.3. The number of nitrogen functional groups attached to an aromatic ring is 1. The summed E-state index contributed by atoms with van der Waals surface area (Å²) in [6, 6.07) is 11.0. The van der Waals surface area contributed by atoms with Crippen molar-refractivity contribution in [3.05, 3.63) is 72.2 Å². The summed E-state index contributed by atoms with van der Waals surface area (Å²) >= 11 is 0. The van der Waals surface area contributed by atoms with Crippen molar-refractivity contribution in [2.45, 2.75) is 38.6 Å². The number of amides is 2. The van der Waals surface area contributed by atoms with Gasteiger partial charge in [-0.2, -0.15) is 5.10 Å². The van der Waals surface area contributed by atoms with Crippen LogP contribution in [0.5, 0.6) is 0 Å². The van der Waals surface area contributed by atoms with Gasteiger partial charge in [0.15, 0.2) is 5.65 Å². The summed E-state index contributed by atoms with van der Waals surface area (Å²) in [7, 11) is 3.93. The lowest BCUT2D eigenvalue weighted by Crippen LogP contribution is -2.40. The van der Waals surface area contributed by atoms with E-state index in [1.165, 1.54) is 6.33 Å². The van der Waals surface area contributed by atoms with Crippen LogP contribution in [0.25, 0.3) is 22.3 Å². The second-order valence-corrected chi connectivity index (χ2v) is 10.8. The second-order valence-electron chi connectivity index (χ2n) is 10.8. The van der Waals surface area contributed by atoms with Gasteiger partial charge in [0.2, 0.25) is 5.91 Å². The molecule has 4 aromatic rings. The van der Waals surface area contributed by atoms with E-state index in [9.17, 15) is 9.59 Å². The normalized spacial score (nSPS) is 15.5. The Bertz CT molecular complexity index is 1590. The Hall–Kier alpha value is -4.64. The van der Waals surface area contributed by atoms with Crippen LogP contribution in [0, 0.1) is 0 Å². The van der Waals surface area contributed by atoms with Gasteiger partial charge in [-0.3, -0.25) is 9.59 Å². The Labute approximate surface area is 245 Å². The number of carbonyl (C=O) groups is 2. The number of carbonyl (C=O) groups excluding carboxylic acids is 2. The van der Waals surface area contributed by atoms with Gasteiger partial charge in [-0.1, -0.05) is 31.6 Å². The molecule has 1 aliphatic heterocycles. The first-order valence-electron chi connectivity index (χ1n) is 14.3. The van der Waals surface area contributed by atoms with Crippen molar-refractivity contribution in [3.8, 4) is 11.3 Å². The molecule has 1 aromatic carbocycles. The number of anilines is 2. The number of nitrogens with one attached hydrogen (secondary N) is 1. The Morgan fingerprint density at radius 3 is 2.71 bits per heavy atom. The molecule has 2 amide bonds. The van der Waals surface area contributed by atoms with E-state index in [-0.39, 0.29) is 17.9 Å². The smallest absolute Gasteiger partial charge is 0.256 e. The Balaban J connectivity index is 1.38. The Morgan fingerprint density at radius 1 is 1.14 bits per heavy atom. The minimum Gasteiger partial charge on any atom is -0.383 e. The first-order chi connectivity index (χ1) is 20.3. The molecule has 11 heteroatoms. The van der Waals surface area contributed by atoms with E-state index in [0.29, 0.717) is 53.6 Å². The molecule has 0 radical (unpaired) electrons. The van der Waals surface area contributed by atoms with Crippen molar-refractivity contribution in [3.63, 3.8) is 0 Å². The number of nitrogens with two attached hydrogens (primary N) is 1. The molecule has 3 N–H and O–H groups in total. The largest absolute Gasteiger partial charge is 0.383 e. The minimum absolute atomic E-state index is 0.00599. The minimum atomic E-state index is -0.243. The number of likely N-dealkylation sites (N-methyl/N-ethyl adjacent to an activating group) is 1. The van der Waals surface area contributed by atoms with E-state index in [1.54, 1.807) is 24.4 Å². The van der Waals surface area contributed by atoms with Crippen molar-refractivity contribution >= 4 is 34.5 Å². The summed E-state index contributed by atoms with van der Waals surface area (Å²) in [5, 5.41) is 8.49. The molecule has 0 bridgehead atoms. The number of hydrogen-bond acceptors (Lipinski definition) is 8. The average Bonchev–Trinajstić information content (AvgIpc) is 3.38. The molecule has 1 atom stereocenters. The van der Waals surface area contributed by atoms with Gasteiger partial charge in [0.05, 0.1) is 11.4 Å². The summed E-state index contributed by atoms with van der Waals surface area (Å²) in [6.45, 7) is 4.05. The summed E-state index contributed by atoms with van der Waals surface area (Å²) in [6.07, 6.45) is 10.3. The third-order valence-electron chi connectivity index (χ3n) is 7.33. The number of nitrogens with zero attached hydrogens (tertiary/aromatic N) is 7. The van der Waals surface area contributed by atoms with Gasteiger partial charge in [0.1, 0.15) is 23.7 Å². The molecule has 0 aliphatic carbocycles. The van der Waals surface area contributed by atoms with Gasteiger partial charge in [0.25, 0.3) is 5.91 Å². The average molecular weight is 568 g/mol. The first kappa shape index (κ1) is 28.9. The molecule has 3 aromatic heterocycles. The molecular weight excluding hydrogens is 530 g/mol. The lowest BCUT2D eigenvalue weighted by Gasteiger charge is -2.32. The van der Waals surface area contributed by atoms with Gasteiger partial charge < -0.3 is 20.9 Å². The number of aromatic nitrogens is 5. The predicted molar refractivity (Wildman–Crippen MR) is 164 cm³/mol. The molecule has 11 nitrogen and oxygen atoms in total. The van der Waals surface area contributed by atoms with Gasteiger partial charge in [-0.05, 0) is 63.2 Å². The maximum Gasteiger partial charge on any atom is 0.256 e. The standard InChI is InChI=1S/C31H37N9O2/c1-4-7-21-14-15-33-25(18-21)36-31(42)23-12-10-22(11-13-23)28-27-29(32)34-20-35-30(27)40(37-28)24-8-5-17-39(19-24)26(41)9-6-16-38(2)3/h6,9-15,18,20,24H,4-5,7-8,16-17,19H2,1-3H3,(H2,32,34,35)(H,33,36,42)/b9-6+/t24-/m1/s1. The van der Waals surface area contributed by atoms with Crippen molar-refractivity contribution < 1.29 is 9.59 Å². The molecular formula is C31H37N9O2. The summed E-state index contributed by atoms with van der Waals surface area (Å²) in [5.41, 5.74) is 10.0. The van der Waals surface area contributed by atoms with Crippen LogP contribution in [0.1, 0.15) is 48.1 Å². The van der Waals surface area contributed by atoms with Crippen LogP contribution >= 0.6 is 0 Å². The highest BCUT2D eigenvalue weighted by Crippen LogP contribution is 2.34. The molecule has 1 fully saturated rings. The van der Waals surface area contributed by atoms with Crippen LogP contribution in [-0.2, 0) is 11.2 Å². The van der Waals surface area contributed by atoms with Crippen LogP contribution in [0.15, 0.2) is 61.1 Å². The highest BCUT2D eigenvalue weighted by molar-refractivity contribution is 6.04. The van der Waals surface area contributed by atoms with Gasteiger partial charge in [0, 0.05) is 43.0 Å². The molecule has 1 saturated heterocycles. The van der Waals surface area contributed by atoms with E-state index in [1.807, 2.05) is 58.9 Å². The summed E-state index contributed by atoms with van der Waals surface area (Å²) in [4.78, 5) is 42.7. The van der Waals surface area contributed by atoms with Crippen molar-refractivity contribution in [1.82, 2.24) is 34.5 Å². The summed E-state index contributed by atoms with van der Waals surface area (Å²) in [5.74, 6) is 0.607. The number of fused-ring (bicyclic) bond motifs is 1. The van der Waals surface area contributed by atoms with E-state index in [0.717, 1.165) is 36.8 Å². The van der Waals surface area contributed by atoms with Crippen LogP contribution < -0.4 is 11.1 Å². The zero-order chi connectivity index (χ0) is 29.6. The fraction of sp³-hybridized carbons (Fsp3) is 0.355. The number of rotatable bonds is 9. The number of piperidine rings is 1. The van der Waals surface area contributed by atoms with Crippen LogP contribution in [0.2, 0.25) is 0 Å². The van der Waals surface area contributed by atoms with Gasteiger partial charge in [-0.15, -0.1) is 0 Å². The summed E-state index contributed by atoms with van der Waals surface area (Å²) < 4.78 is 1.88. The van der Waals surface area contributed by atoms with Crippen molar-refractivity contribution in [2.24, 2.45) is 0 Å². The maximum atomic E-state index is 12.9. The van der Waals surface area contributed by atoms with Crippen molar-refractivity contribution in [2.75, 3.05) is 44.8 Å². The predicted octanol–water partition coefficient (Wildman–Crippen LogP) is 3.96. The van der Waals surface area contributed by atoms with E-state index in [4.69, 9.17) is 10.8 Å². The molecule has 0 spiro atoms. The third kappa shape index (κ3) is 6.46. The number of aryl methyl sites for hydroxylation is 1. The van der Waals surface area contributed by atoms with Crippen LogP contribution in [0.4, 0.5) is 11.6 Å². The Morgan fingerprint density at radius 2 is 1.95 bits per heavy atom. The van der Waals surface area contributed by atoms with Crippen LogP contribution in [-0.4, -0.2) is 80.1 Å². The Kier molecular flexibility index (Phi) is 8.87. The SMILES string of the molecule is CCCc1ccnc(NC(=O)c2ccc(-c3nn([C@@H]4CCCN(C(=O)/C=C/CN(C)C)C4)c4ncnc(N)c34)cc2)c1. The fourth-order valence-electron chi connectivity index (χ4n) is 5.23.